The van der Waals surface area contributed by atoms with Crippen LogP contribution in [-0.4, -0.2) is 21.2 Å². The van der Waals surface area contributed by atoms with Gasteiger partial charge in [0, 0.05) is 6.20 Å². The first-order valence-electron chi connectivity index (χ1n) is 4.05. The molecular weight excluding hydrogens is 170 g/mol. The average Bonchev–Trinajstić information content (AvgIpc) is 2.47. The fourth-order valence-electron chi connectivity index (χ4n) is 1.65. The van der Waals surface area contributed by atoms with Gasteiger partial charge < -0.3 is 10.2 Å². The predicted octanol–water partition coefficient (Wildman–Crippen LogP) is 0.300. The van der Waals surface area contributed by atoms with Gasteiger partial charge in [0.1, 0.15) is 0 Å². The zero-order chi connectivity index (χ0) is 9.47. The molecule has 2 rings (SSSR count). The second-order valence-corrected chi connectivity index (χ2v) is 3.18. The molecule has 1 aliphatic carbocycles. The number of aliphatic carboxylic acids is 1. The monoisotopic (exact) mass is 179 g/mol. The molecule has 0 aliphatic heterocycles. The summed E-state index contributed by atoms with van der Waals surface area (Å²) in [5.41, 5.74) is -0.647. The predicted molar refractivity (Wildman–Crippen MR) is 44.1 cm³/mol. The Labute approximate surface area is 74.9 Å². The lowest BCUT2D eigenvalue weighted by Crippen LogP contribution is -2.33. The van der Waals surface area contributed by atoms with E-state index in [0.29, 0.717) is 12.1 Å². The Morgan fingerprint density at radius 3 is 3.08 bits per heavy atom. The molecule has 13 heavy (non-hydrogen) atoms. The molecule has 1 heterocycles. The molecule has 68 valence electrons. The molecule has 1 aromatic heterocycles. The molecule has 1 aromatic rings. The molecule has 0 saturated carbocycles. The van der Waals surface area contributed by atoms with Gasteiger partial charge in [0.05, 0.1) is 5.69 Å². The largest absolute Gasteiger partial charge is 0.479 e. The molecule has 4 heteroatoms. The number of rotatable bonds is 1. The van der Waals surface area contributed by atoms with Gasteiger partial charge in [0.2, 0.25) is 5.60 Å². The number of carboxylic acid groups (broad SMARTS) is 1. The molecule has 0 bridgehead atoms. The number of aryl methyl sites for hydroxylation is 1. The Kier molecular flexibility index (Phi) is 1.60. The summed E-state index contributed by atoms with van der Waals surface area (Å²) in [6.07, 6.45) is 2.29. The third kappa shape index (κ3) is 1.02. The van der Waals surface area contributed by atoms with Gasteiger partial charge in [-0.2, -0.15) is 0 Å². The van der Waals surface area contributed by atoms with Crippen LogP contribution in [0.1, 0.15) is 17.7 Å². The lowest BCUT2D eigenvalue weighted by molar-refractivity contribution is -0.159. The van der Waals surface area contributed by atoms with E-state index < -0.39 is 11.6 Å². The van der Waals surface area contributed by atoms with E-state index in [-0.39, 0.29) is 6.42 Å². The molecule has 4 nitrogen and oxygen atoms in total. The summed E-state index contributed by atoms with van der Waals surface area (Å²) in [5, 5.41) is 18.6. The van der Waals surface area contributed by atoms with E-state index in [1.54, 1.807) is 12.1 Å². The second kappa shape index (κ2) is 2.53. The number of aliphatic hydroxyl groups is 1. The quantitative estimate of drug-likeness (QED) is 0.650. The first-order chi connectivity index (χ1) is 6.14. The number of hydrogen-bond acceptors (Lipinski definition) is 3. The van der Waals surface area contributed by atoms with Crippen LogP contribution in [0.3, 0.4) is 0 Å². The van der Waals surface area contributed by atoms with Crippen molar-refractivity contribution in [1.29, 1.82) is 0 Å². The van der Waals surface area contributed by atoms with Crippen molar-refractivity contribution < 1.29 is 15.0 Å². The Bertz CT molecular complexity index is 364. The molecule has 2 N–H and O–H groups in total. The molecular formula is C9H9NO3. The smallest absolute Gasteiger partial charge is 0.342 e. The van der Waals surface area contributed by atoms with E-state index >= 15 is 0 Å². The molecule has 1 atom stereocenters. The highest BCUT2D eigenvalue weighted by molar-refractivity contribution is 5.80. The van der Waals surface area contributed by atoms with Gasteiger partial charge >= 0.3 is 5.97 Å². The zero-order valence-corrected chi connectivity index (χ0v) is 6.90. The number of fused-ring (bicyclic) bond motifs is 1. The molecule has 0 spiro atoms. The highest BCUT2D eigenvalue weighted by Crippen LogP contribution is 2.34. The normalized spacial score (nSPS) is 25.6. The highest BCUT2D eigenvalue weighted by atomic mass is 16.4. The summed E-state index contributed by atoms with van der Waals surface area (Å²) in [4.78, 5) is 14.7. The molecule has 0 amide bonds. The van der Waals surface area contributed by atoms with Crippen LogP contribution in [0.5, 0.6) is 0 Å². The lowest BCUT2D eigenvalue weighted by atomic mass is 10.0. The lowest BCUT2D eigenvalue weighted by Gasteiger charge is -2.16. The van der Waals surface area contributed by atoms with Crippen LogP contribution in [0.25, 0.3) is 0 Å². The topological polar surface area (TPSA) is 70.4 Å². The van der Waals surface area contributed by atoms with E-state index in [4.69, 9.17) is 5.11 Å². The number of hydrogen-bond donors (Lipinski definition) is 2. The Balaban J connectivity index is 2.55. The number of pyridine rings is 1. The molecule has 1 aliphatic rings. The van der Waals surface area contributed by atoms with Crippen LogP contribution >= 0.6 is 0 Å². The van der Waals surface area contributed by atoms with Crippen LogP contribution in [0.15, 0.2) is 18.3 Å². The van der Waals surface area contributed by atoms with Gasteiger partial charge in [-0.25, -0.2) is 4.79 Å². The zero-order valence-electron chi connectivity index (χ0n) is 6.90. The summed E-state index contributed by atoms with van der Waals surface area (Å²) in [6.45, 7) is 0. The van der Waals surface area contributed by atoms with Crippen molar-refractivity contribution in [2.24, 2.45) is 0 Å². The second-order valence-electron chi connectivity index (χ2n) is 3.18. The molecule has 0 radical (unpaired) electrons. The average molecular weight is 179 g/mol. The third-order valence-corrected chi connectivity index (χ3v) is 2.39. The minimum Gasteiger partial charge on any atom is -0.479 e. The van der Waals surface area contributed by atoms with Crippen molar-refractivity contribution in [3.63, 3.8) is 0 Å². The summed E-state index contributed by atoms with van der Waals surface area (Å²) in [5.74, 6) is -1.22. The van der Waals surface area contributed by atoms with Crippen LogP contribution in [0, 0.1) is 0 Å². The number of carbonyl (C=O) groups is 1. The minimum absolute atomic E-state index is 0.217. The summed E-state index contributed by atoms with van der Waals surface area (Å²) >= 11 is 0. The maximum atomic E-state index is 10.8. The third-order valence-electron chi connectivity index (χ3n) is 2.39. The minimum atomic E-state index is -1.77. The number of aromatic nitrogens is 1. The van der Waals surface area contributed by atoms with Gasteiger partial charge in [0.25, 0.3) is 0 Å². The van der Waals surface area contributed by atoms with E-state index in [2.05, 4.69) is 4.98 Å². The highest BCUT2D eigenvalue weighted by Gasteiger charge is 2.45. The van der Waals surface area contributed by atoms with Crippen LogP contribution in [0.2, 0.25) is 0 Å². The van der Waals surface area contributed by atoms with Gasteiger partial charge in [-0.1, -0.05) is 6.07 Å². The number of carboxylic acids is 1. The van der Waals surface area contributed by atoms with E-state index in [1.807, 2.05) is 0 Å². The van der Waals surface area contributed by atoms with Gasteiger partial charge in [-0.05, 0) is 24.5 Å². The Morgan fingerprint density at radius 1 is 1.62 bits per heavy atom. The van der Waals surface area contributed by atoms with E-state index in [0.717, 1.165) is 5.56 Å². The van der Waals surface area contributed by atoms with Crippen LogP contribution in [-0.2, 0) is 16.8 Å². The van der Waals surface area contributed by atoms with Crippen molar-refractivity contribution in [2.75, 3.05) is 0 Å². The molecule has 0 aromatic carbocycles. The van der Waals surface area contributed by atoms with Gasteiger partial charge in [-0.3, -0.25) is 4.98 Å². The van der Waals surface area contributed by atoms with Crippen LogP contribution < -0.4 is 0 Å². The van der Waals surface area contributed by atoms with Crippen molar-refractivity contribution in [2.45, 2.75) is 18.4 Å². The molecule has 0 saturated heterocycles. The van der Waals surface area contributed by atoms with E-state index in [9.17, 15) is 9.90 Å². The van der Waals surface area contributed by atoms with Gasteiger partial charge in [-0.15, -0.1) is 0 Å². The summed E-state index contributed by atoms with van der Waals surface area (Å²) in [6, 6.07) is 3.54. The Morgan fingerprint density at radius 2 is 2.38 bits per heavy atom. The van der Waals surface area contributed by atoms with Gasteiger partial charge in [0.15, 0.2) is 0 Å². The Hall–Kier alpha value is -1.42. The van der Waals surface area contributed by atoms with Crippen molar-refractivity contribution in [3.05, 3.63) is 29.6 Å². The maximum absolute atomic E-state index is 10.8. The van der Waals surface area contributed by atoms with Crippen LogP contribution in [0.4, 0.5) is 0 Å². The van der Waals surface area contributed by atoms with Crippen molar-refractivity contribution in [3.8, 4) is 0 Å². The first kappa shape index (κ1) is 8.19. The fourth-order valence-corrected chi connectivity index (χ4v) is 1.65. The first-order valence-corrected chi connectivity index (χ1v) is 4.05. The summed E-state index contributed by atoms with van der Waals surface area (Å²) in [7, 11) is 0. The molecule has 0 fully saturated rings. The summed E-state index contributed by atoms with van der Waals surface area (Å²) < 4.78 is 0. The van der Waals surface area contributed by atoms with E-state index in [1.165, 1.54) is 6.20 Å². The SMILES string of the molecule is O=C(O)C1(O)CCc2cccnc21. The molecule has 1 unspecified atom stereocenters. The maximum Gasteiger partial charge on any atom is 0.342 e. The standard InChI is InChI=1S/C9H9NO3/c11-8(12)9(13)4-3-6-2-1-5-10-7(6)9/h1-2,5,13H,3-4H2,(H,11,12). The van der Waals surface area contributed by atoms with Crippen molar-refractivity contribution in [1.82, 2.24) is 4.98 Å². The number of nitrogens with zero attached hydrogens (tertiary/aromatic N) is 1. The fraction of sp³-hybridized carbons (Fsp3) is 0.333. The van der Waals surface area contributed by atoms with Crippen molar-refractivity contribution >= 4 is 5.97 Å².